The lowest BCUT2D eigenvalue weighted by atomic mass is 9.95. The topological polar surface area (TPSA) is 87.7 Å². The third kappa shape index (κ3) is 4.62. The van der Waals surface area contributed by atoms with Crippen LogP contribution in [0.25, 0.3) is 0 Å². The van der Waals surface area contributed by atoms with Gasteiger partial charge in [0, 0.05) is 12.5 Å². The number of benzene rings is 1. The Bertz CT molecular complexity index is 432. The summed E-state index contributed by atoms with van der Waals surface area (Å²) in [5.74, 6) is -0.0940. The first-order chi connectivity index (χ1) is 9.08. The molecule has 0 fully saturated rings. The summed E-state index contributed by atoms with van der Waals surface area (Å²) in [4.78, 5) is 12.2. The molecule has 0 aliphatic carbocycles. The molecule has 19 heavy (non-hydrogen) atoms. The fraction of sp³-hybridized carbons (Fsp3) is 0.429. The molecule has 0 saturated heterocycles. The lowest BCUT2D eigenvalue weighted by Gasteiger charge is -2.19. The predicted molar refractivity (Wildman–Crippen MR) is 75.1 cm³/mol. The molecule has 0 radical (unpaired) electrons. The summed E-state index contributed by atoms with van der Waals surface area (Å²) in [5.41, 5.74) is 6.42. The zero-order chi connectivity index (χ0) is 14.3. The van der Waals surface area contributed by atoms with Crippen molar-refractivity contribution in [3.05, 3.63) is 35.9 Å². The molecule has 1 amide bonds. The maximum Gasteiger partial charge on any atom is 0.227 e. The summed E-state index contributed by atoms with van der Waals surface area (Å²) in [6.07, 6.45) is 1.06. The molecule has 5 nitrogen and oxygen atoms in total. The minimum atomic E-state index is -0.170. The predicted octanol–water partition coefficient (Wildman–Crippen LogP) is 1.82. The van der Waals surface area contributed by atoms with Gasteiger partial charge in [-0.15, -0.1) is 0 Å². The van der Waals surface area contributed by atoms with Crippen molar-refractivity contribution in [1.29, 1.82) is 0 Å². The highest BCUT2D eigenvalue weighted by molar-refractivity contribution is 5.85. The van der Waals surface area contributed by atoms with Crippen molar-refractivity contribution >= 4 is 11.7 Å². The van der Waals surface area contributed by atoms with E-state index in [0.29, 0.717) is 6.42 Å². The fourth-order valence-corrected chi connectivity index (χ4v) is 2.01. The zero-order valence-corrected chi connectivity index (χ0v) is 11.3. The van der Waals surface area contributed by atoms with E-state index in [0.717, 1.165) is 12.0 Å². The molecule has 0 saturated carbocycles. The van der Waals surface area contributed by atoms with Gasteiger partial charge in [-0.25, -0.2) is 0 Å². The molecule has 4 N–H and O–H groups in total. The van der Waals surface area contributed by atoms with Crippen molar-refractivity contribution in [3.8, 4) is 0 Å². The first-order valence-corrected chi connectivity index (χ1v) is 6.40. The Hall–Kier alpha value is -2.04. The molecule has 0 aliphatic rings. The SMILES string of the molecule is CCC(C(=O)NC(C)CC(N)=NO)c1ccccc1. The van der Waals surface area contributed by atoms with Crippen LogP contribution >= 0.6 is 0 Å². The highest BCUT2D eigenvalue weighted by Crippen LogP contribution is 2.19. The summed E-state index contributed by atoms with van der Waals surface area (Å²) in [6, 6.07) is 9.50. The number of carbonyl (C=O) groups excluding carboxylic acids is 1. The molecule has 5 heteroatoms. The first kappa shape index (κ1) is 15.0. The molecule has 0 aromatic heterocycles. The Kier molecular flexibility index (Phi) is 5.85. The largest absolute Gasteiger partial charge is 0.409 e. The lowest BCUT2D eigenvalue weighted by Crippen LogP contribution is -2.38. The number of carbonyl (C=O) groups is 1. The second-order valence-corrected chi connectivity index (χ2v) is 4.58. The molecular weight excluding hydrogens is 242 g/mol. The van der Waals surface area contributed by atoms with Crippen molar-refractivity contribution in [2.24, 2.45) is 10.9 Å². The van der Waals surface area contributed by atoms with E-state index in [9.17, 15) is 4.79 Å². The maximum atomic E-state index is 12.2. The number of hydrogen-bond donors (Lipinski definition) is 3. The van der Waals surface area contributed by atoms with Crippen LogP contribution in [-0.2, 0) is 4.79 Å². The van der Waals surface area contributed by atoms with Gasteiger partial charge in [0.2, 0.25) is 5.91 Å². The van der Waals surface area contributed by atoms with Gasteiger partial charge in [-0.2, -0.15) is 0 Å². The summed E-state index contributed by atoms with van der Waals surface area (Å²) in [5, 5.41) is 14.3. The van der Waals surface area contributed by atoms with Gasteiger partial charge in [-0.05, 0) is 18.9 Å². The van der Waals surface area contributed by atoms with Crippen LogP contribution < -0.4 is 11.1 Å². The number of oxime groups is 1. The summed E-state index contributed by atoms with van der Waals surface area (Å²) < 4.78 is 0. The number of hydrogen-bond acceptors (Lipinski definition) is 3. The van der Waals surface area contributed by atoms with Crippen molar-refractivity contribution in [2.75, 3.05) is 0 Å². The fourth-order valence-electron chi connectivity index (χ4n) is 2.01. The van der Waals surface area contributed by atoms with Crippen LogP contribution in [0.1, 0.15) is 38.2 Å². The van der Waals surface area contributed by atoms with Crippen molar-refractivity contribution in [1.82, 2.24) is 5.32 Å². The molecule has 0 spiro atoms. The van der Waals surface area contributed by atoms with E-state index >= 15 is 0 Å². The smallest absolute Gasteiger partial charge is 0.227 e. The third-order valence-electron chi connectivity index (χ3n) is 2.96. The van der Waals surface area contributed by atoms with Crippen LogP contribution in [0.2, 0.25) is 0 Å². The van der Waals surface area contributed by atoms with Gasteiger partial charge < -0.3 is 16.3 Å². The standard InChI is InChI=1S/C14H21N3O2/c1-3-12(11-7-5-4-6-8-11)14(18)16-10(2)9-13(15)17-19/h4-8,10,12,19H,3,9H2,1-2H3,(H2,15,17)(H,16,18). The third-order valence-corrected chi connectivity index (χ3v) is 2.96. The molecule has 2 unspecified atom stereocenters. The Morgan fingerprint density at radius 1 is 1.42 bits per heavy atom. The second-order valence-electron chi connectivity index (χ2n) is 4.58. The average molecular weight is 263 g/mol. The van der Waals surface area contributed by atoms with E-state index in [1.54, 1.807) is 0 Å². The van der Waals surface area contributed by atoms with Gasteiger partial charge >= 0.3 is 0 Å². The normalized spacial score (nSPS) is 14.7. The van der Waals surface area contributed by atoms with E-state index in [1.165, 1.54) is 0 Å². The number of amides is 1. The van der Waals surface area contributed by atoms with Gasteiger partial charge in [-0.3, -0.25) is 4.79 Å². The molecule has 2 atom stereocenters. The summed E-state index contributed by atoms with van der Waals surface area (Å²) in [7, 11) is 0. The zero-order valence-electron chi connectivity index (χ0n) is 11.3. The van der Waals surface area contributed by atoms with E-state index in [4.69, 9.17) is 10.9 Å². The van der Waals surface area contributed by atoms with Crippen molar-refractivity contribution in [2.45, 2.75) is 38.6 Å². The number of nitrogens with two attached hydrogens (primary N) is 1. The second kappa shape index (κ2) is 7.41. The van der Waals surface area contributed by atoms with E-state index in [1.807, 2.05) is 44.2 Å². The molecule has 0 heterocycles. The number of nitrogens with one attached hydrogen (secondary N) is 1. The summed E-state index contributed by atoms with van der Waals surface area (Å²) >= 11 is 0. The minimum absolute atomic E-state index is 0.0352. The van der Waals surface area contributed by atoms with Gasteiger partial charge in [-0.1, -0.05) is 42.4 Å². The van der Waals surface area contributed by atoms with E-state index in [2.05, 4.69) is 10.5 Å². The monoisotopic (exact) mass is 263 g/mol. The van der Waals surface area contributed by atoms with Crippen molar-refractivity contribution < 1.29 is 10.0 Å². The number of amidine groups is 1. The van der Waals surface area contributed by atoms with Crippen LogP contribution in [0.3, 0.4) is 0 Å². The molecule has 0 aliphatic heterocycles. The molecular formula is C14H21N3O2. The Labute approximate surface area is 113 Å². The highest BCUT2D eigenvalue weighted by Gasteiger charge is 2.20. The van der Waals surface area contributed by atoms with Gasteiger partial charge in [0.25, 0.3) is 0 Å². The van der Waals surface area contributed by atoms with Crippen LogP contribution in [0.5, 0.6) is 0 Å². The van der Waals surface area contributed by atoms with Crippen molar-refractivity contribution in [3.63, 3.8) is 0 Å². The quantitative estimate of drug-likeness (QED) is 0.316. The highest BCUT2D eigenvalue weighted by atomic mass is 16.4. The van der Waals surface area contributed by atoms with Gasteiger partial charge in [0.05, 0.1) is 5.92 Å². The molecule has 104 valence electrons. The lowest BCUT2D eigenvalue weighted by molar-refractivity contribution is -0.123. The van der Waals surface area contributed by atoms with Gasteiger partial charge in [0.15, 0.2) is 0 Å². The molecule has 0 bridgehead atoms. The van der Waals surface area contributed by atoms with Crippen LogP contribution in [0.15, 0.2) is 35.5 Å². The molecule has 1 aromatic carbocycles. The first-order valence-electron chi connectivity index (χ1n) is 6.40. The Balaban J connectivity index is 2.65. The van der Waals surface area contributed by atoms with E-state index < -0.39 is 0 Å². The van der Waals surface area contributed by atoms with Crippen LogP contribution in [-0.4, -0.2) is 23.0 Å². The Morgan fingerprint density at radius 3 is 2.58 bits per heavy atom. The average Bonchev–Trinajstić information content (AvgIpc) is 2.40. The molecule has 1 aromatic rings. The number of rotatable bonds is 6. The van der Waals surface area contributed by atoms with Crippen LogP contribution in [0, 0.1) is 0 Å². The Morgan fingerprint density at radius 2 is 2.05 bits per heavy atom. The van der Waals surface area contributed by atoms with E-state index in [-0.39, 0.29) is 23.7 Å². The van der Waals surface area contributed by atoms with Crippen LogP contribution in [0.4, 0.5) is 0 Å². The maximum absolute atomic E-state index is 12.2. The summed E-state index contributed by atoms with van der Waals surface area (Å²) in [6.45, 7) is 3.80. The number of nitrogens with zero attached hydrogens (tertiary/aromatic N) is 1. The van der Waals surface area contributed by atoms with Gasteiger partial charge in [0.1, 0.15) is 5.84 Å². The minimum Gasteiger partial charge on any atom is -0.409 e. The molecule has 1 rings (SSSR count).